The van der Waals surface area contributed by atoms with Crippen molar-refractivity contribution in [3.63, 3.8) is 0 Å². The van der Waals surface area contributed by atoms with E-state index in [9.17, 15) is 4.79 Å². The summed E-state index contributed by atoms with van der Waals surface area (Å²) in [7, 11) is 1.64. The molecule has 0 radical (unpaired) electrons. The van der Waals surface area contributed by atoms with Crippen molar-refractivity contribution in [3.05, 3.63) is 39.6 Å². The molecule has 6 heteroatoms. The number of carbonyl (C=O) groups excluding carboxylic acids is 1. The highest BCUT2D eigenvalue weighted by molar-refractivity contribution is 7.99. The number of ketones is 1. The molecule has 114 valence electrons. The van der Waals surface area contributed by atoms with Crippen LogP contribution in [0.1, 0.15) is 20.1 Å². The van der Waals surface area contributed by atoms with Crippen LogP contribution in [0.25, 0.3) is 11.0 Å². The molecule has 2 heterocycles. The number of ether oxygens (including phenoxy) is 1. The molecular formula is C16H16N2O2S2. The summed E-state index contributed by atoms with van der Waals surface area (Å²) < 4.78 is 5.20. The molecule has 0 fully saturated rings. The molecule has 0 saturated carbocycles. The summed E-state index contributed by atoms with van der Waals surface area (Å²) in [5.74, 6) is 1.31. The van der Waals surface area contributed by atoms with Crippen LogP contribution in [-0.2, 0) is 0 Å². The molecule has 2 aromatic heterocycles. The van der Waals surface area contributed by atoms with Gasteiger partial charge in [-0.1, -0.05) is 11.8 Å². The van der Waals surface area contributed by atoms with E-state index in [1.165, 1.54) is 16.6 Å². The summed E-state index contributed by atoms with van der Waals surface area (Å²) in [5.41, 5.74) is 2.61. The van der Waals surface area contributed by atoms with Gasteiger partial charge in [-0.15, -0.1) is 11.3 Å². The number of hydrogen-bond donors (Lipinski definition) is 1. The Labute approximate surface area is 136 Å². The van der Waals surface area contributed by atoms with Gasteiger partial charge in [-0.05, 0) is 32.0 Å². The minimum Gasteiger partial charge on any atom is -0.497 e. The maximum absolute atomic E-state index is 12.3. The second kappa shape index (κ2) is 6.14. The second-order valence-electron chi connectivity index (χ2n) is 4.96. The lowest BCUT2D eigenvalue weighted by Gasteiger charge is -1.98. The van der Waals surface area contributed by atoms with E-state index in [2.05, 4.69) is 9.97 Å². The SMILES string of the molecule is COc1ccc2nc(SCC(=O)c3cc(C)sc3C)[nH]c2c1. The lowest BCUT2D eigenvalue weighted by atomic mass is 10.2. The van der Waals surface area contributed by atoms with Gasteiger partial charge in [0.05, 0.1) is 23.9 Å². The Morgan fingerprint density at radius 3 is 2.86 bits per heavy atom. The van der Waals surface area contributed by atoms with Crippen molar-refractivity contribution in [1.82, 2.24) is 9.97 Å². The van der Waals surface area contributed by atoms with Crippen LogP contribution in [-0.4, -0.2) is 28.6 Å². The minimum atomic E-state index is 0.143. The highest BCUT2D eigenvalue weighted by Gasteiger charge is 2.13. The number of imidazole rings is 1. The standard InChI is InChI=1S/C16H16N2O2S2/c1-9-6-12(10(2)22-9)15(19)8-21-16-17-13-5-4-11(20-3)7-14(13)18-16/h4-7H,8H2,1-3H3,(H,17,18). The number of rotatable bonds is 5. The number of fused-ring (bicyclic) bond motifs is 1. The second-order valence-corrected chi connectivity index (χ2v) is 7.39. The normalized spacial score (nSPS) is 11.0. The van der Waals surface area contributed by atoms with Crippen molar-refractivity contribution in [1.29, 1.82) is 0 Å². The zero-order valence-corrected chi connectivity index (χ0v) is 14.2. The number of benzene rings is 1. The molecule has 4 nitrogen and oxygen atoms in total. The molecule has 0 aliphatic heterocycles. The monoisotopic (exact) mass is 332 g/mol. The summed E-state index contributed by atoms with van der Waals surface area (Å²) in [5, 5.41) is 0.751. The first-order chi connectivity index (χ1) is 10.6. The van der Waals surface area contributed by atoms with Gasteiger partial charge >= 0.3 is 0 Å². The average molecular weight is 332 g/mol. The molecule has 0 saturated heterocycles. The number of aromatic amines is 1. The Bertz CT molecular complexity index is 836. The van der Waals surface area contributed by atoms with Gasteiger partial charge in [0.2, 0.25) is 0 Å². The summed E-state index contributed by atoms with van der Waals surface area (Å²) in [6.07, 6.45) is 0. The van der Waals surface area contributed by atoms with Crippen LogP contribution in [0.3, 0.4) is 0 Å². The van der Waals surface area contributed by atoms with E-state index in [1.54, 1.807) is 18.4 Å². The first kappa shape index (κ1) is 15.1. The lowest BCUT2D eigenvalue weighted by Crippen LogP contribution is -2.02. The van der Waals surface area contributed by atoms with E-state index >= 15 is 0 Å². The van der Waals surface area contributed by atoms with Gasteiger partial charge in [0.1, 0.15) is 5.75 Å². The van der Waals surface area contributed by atoms with Crippen LogP contribution in [0.5, 0.6) is 5.75 Å². The van der Waals surface area contributed by atoms with E-state index in [0.29, 0.717) is 5.75 Å². The van der Waals surface area contributed by atoms with Crippen LogP contribution in [0.15, 0.2) is 29.4 Å². The van der Waals surface area contributed by atoms with E-state index in [1.807, 2.05) is 38.1 Å². The number of aromatic nitrogens is 2. The lowest BCUT2D eigenvalue weighted by molar-refractivity contribution is 0.102. The van der Waals surface area contributed by atoms with Crippen LogP contribution >= 0.6 is 23.1 Å². The molecule has 0 atom stereocenters. The largest absolute Gasteiger partial charge is 0.497 e. The molecular weight excluding hydrogens is 316 g/mol. The molecule has 0 bridgehead atoms. The highest BCUT2D eigenvalue weighted by atomic mass is 32.2. The zero-order valence-electron chi connectivity index (χ0n) is 12.6. The summed E-state index contributed by atoms with van der Waals surface area (Å²) in [6, 6.07) is 7.65. The van der Waals surface area contributed by atoms with Gasteiger partial charge in [0.25, 0.3) is 0 Å². The van der Waals surface area contributed by atoms with Crippen LogP contribution in [0.4, 0.5) is 0 Å². The minimum absolute atomic E-state index is 0.143. The maximum Gasteiger partial charge on any atom is 0.174 e. The fourth-order valence-electron chi connectivity index (χ4n) is 2.28. The Hall–Kier alpha value is -1.79. The van der Waals surface area contributed by atoms with Crippen LogP contribution < -0.4 is 4.74 Å². The topological polar surface area (TPSA) is 55.0 Å². The van der Waals surface area contributed by atoms with Crippen molar-refractivity contribution in [2.75, 3.05) is 12.9 Å². The van der Waals surface area contributed by atoms with Crippen LogP contribution in [0.2, 0.25) is 0 Å². The fraction of sp³-hybridized carbons (Fsp3) is 0.250. The molecule has 0 amide bonds. The molecule has 0 aliphatic rings. The van der Waals surface area contributed by atoms with E-state index < -0.39 is 0 Å². The molecule has 0 spiro atoms. The number of hydrogen-bond acceptors (Lipinski definition) is 5. The van der Waals surface area contributed by atoms with Gasteiger partial charge < -0.3 is 9.72 Å². The quantitative estimate of drug-likeness (QED) is 0.561. The Balaban J connectivity index is 1.73. The number of aryl methyl sites for hydroxylation is 2. The Morgan fingerprint density at radius 2 is 2.18 bits per heavy atom. The third-order valence-corrected chi connectivity index (χ3v) is 5.19. The molecule has 1 aromatic carbocycles. The Morgan fingerprint density at radius 1 is 1.36 bits per heavy atom. The maximum atomic E-state index is 12.3. The summed E-state index contributed by atoms with van der Waals surface area (Å²) >= 11 is 3.09. The molecule has 0 aliphatic carbocycles. The third-order valence-electron chi connectivity index (χ3n) is 3.35. The van der Waals surface area contributed by atoms with Gasteiger partial charge in [0.15, 0.2) is 10.9 Å². The molecule has 3 rings (SSSR count). The molecule has 3 aromatic rings. The predicted octanol–water partition coefficient (Wildman–Crippen LogP) is 4.22. The summed E-state index contributed by atoms with van der Waals surface area (Å²) in [6.45, 7) is 4.01. The van der Waals surface area contributed by atoms with Crippen molar-refractivity contribution >= 4 is 39.9 Å². The zero-order chi connectivity index (χ0) is 15.7. The highest BCUT2D eigenvalue weighted by Crippen LogP contribution is 2.26. The third kappa shape index (κ3) is 3.03. The van der Waals surface area contributed by atoms with Crippen molar-refractivity contribution in [2.45, 2.75) is 19.0 Å². The molecule has 1 N–H and O–H groups in total. The Kier molecular flexibility index (Phi) is 4.22. The van der Waals surface area contributed by atoms with Gasteiger partial charge in [0, 0.05) is 21.4 Å². The number of thiophene rings is 1. The average Bonchev–Trinajstić information content (AvgIpc) is 3.06. The van der Waals surface area contributed by atoms with Gasteiger partial charge in [-0.2, -0.15) is 0 Å². The van der Waals surface area contributed by atoms with Crippen LogP contribution in [0, 0.1) is 13.8 Å². The molecule has 22 heavy (non-hydrogen) atoms. The van der Waals surface area contributed by atoms with Gasteiger partial charge in [-0.25, -0.2) is 4.98 Å². The first-order valence-electron chi connectivity index (χ1n) is 6.83. The van der Waals surface area contributed by atoms with E-state index in [0.717, 1.165) is 32.4 Å². The number of H-pyrrole nitrogens is 1. The van der Waals surface area contributed by atoms with Crippen molar-refractivity contribution in [3.8, 4) is 5.75 Å². The van der Waals surface area contributed by atoms with E-state index in [4.69, 9.17) is 4.74 Å². The van der Waals surface area contributed by atoms with Gasteiger partial charge in [-0.3, -0.25) is 4.79 Å². The summed E-state index contributed by atoms with van der Waals surface area (Å²) in [4.78, 5) is 22.2. The van der Waals surface area contributed by atoms with Crippen molar-refractivity contribution in [2.24, 2.45) is 0 Å². The number of carbonyl (C=O) groups is 1. The van der Waals surface area contributed by atoms with Crippen molar-refractivity contribution < 1.29 is 9.53 Å². The number of thioether (sulfide) groups is 1. The number of nitrogens with zero attached hydrogens (tertiary/aromatic N) is 1. The predicted molar refractivity (Wildman–Crippen MR) is 91.5 cm³/mol. The fourth-order valence-corrected chi connectivity index (χ4v) is 3.99. The first-order valence-corrected chi connectivity index (χ1v) is 8.64. The smallest absolute Gasteiger partial charge is 0.174 e. The van der Waals surface area contributed by atoms with E-state index in [-0.39, 0.29) is 5.78 Å². The molecule has 0 unspecified atom stereocenters. The number of methoxy groups -OCH3 is 1. The number of nitrogens with one attached hydrogen (secondary N) is 1. The number of Topliss-reactive ketones (excluding diaryl/α,β-unsaturated/α-hetero) is 1.